The molecule has 0 amide bonds. The second-order valence-corrected chi connectivity index (χ2v) is 13.6. The molecular formula is C29H37NO4. The minimum Gasteiger partial charge on any atom is -0.504 e. The summed E-state index contributed by atoms with van der Waals surface area (Å²) in [6.07, 6.45) is 10.7. The molecule has 0 aromatic heterocycles. The number of benzene rings is 1. The average molecular weight is 464 g/mol. The SMILES string of the molecule is CC(C)(C)[C@@]1(C)OCO[C@]23C=C[C@@]4(C[C@@H]21)[C@@H]1Cc2ccc(O)c5c2[C@@]4(CCN1CC1CC1)[C@H]3O5. The maximum atomic E-state index is 11.0. The van der Waals surface area contributed by atoms with Gasteiger partial charge in [-0.1, -0.05) is 39.0 Å². The molecule has 8 aliphatic rings. The first kappa shape index (κ1) is 20.6. The molecule has 34 heavy (non-hydrogen) atoms. The fraction of sp³-hybridized carbons (Fsp3) is 0.724. The number of likely N-dealkylation sites (tertiary alicyclic amines) is 1. The van der Waals surface area contributed by atoms with Gasteiger partial charge < -0.3 is 19.3 Å². The smallest absolute Gasteiger partial charge is 0.165 e. The highest BCUT2D eigenvalue weighted by atomic mass is 16.7. The van der Waals surface area contributed by atoms with E-state index in [0.717, 1.165) is 37.5 Å². The summed E-state index contributed by atoms with van der Waals surface area (Å²) in [5, 5.41) is 11.0. The summed E-state index contributed by atoms with van der Waals surface area (Å²) in [6.45, 7) is 11.8. The summed E-state index contributed by atoms with van der Waals surface area (Å²) in [7, 11) is 0. The minimum atomic E-state index is -0.536. The van der Waals surface area contributed by atoms with Gasteiger partial charge in [0.05, 0.1) is 11.0 Å². The monoisotopic (exact) mass is 463 g/mol. The molecule has 5 heteroatoms. The van der Waals surface area contributed by atoms with Gasteiger partial charge in [0.25, 0.3) is 0 Å². The standard InChI is InChI=1S/C29H37NO4/c1-25(2,3)26(4)20-14-27-9-10-29(20,33-16-32-26)24-28(27)11-12-30(15-17-5-6-17)21(27)13-18-7-8-19(31)23(34-24)22(18)28/h7-10,17,20-21,24,31H,5-6,11-16H2,1-4H3/t20-,21+,24-,26+,27-,28+,29-/m1/s1. The lowest BCUT2D eigenvalue weighted by atomic mass is 9.35. The highest BCUT2D eigenvalue weighted by Crippen LogP contribution is 2.76. The van der Waals surface area contributed by atoms with Gasteiger partial charge in [-0.05, 0) is 68.5 Å². The quantitative estimate of drug-likeness (QED) is 0.652. The van der Waals surface area contributed by atoms with E-state index in [0.29, 0.717) is 6.04 Å². The lowest BCUT2D eigenvalue weighted by molar-refractivity contribution is -0.356. The molecule has 4 fully saturated rings. The molecule has 3 heterocycles. The van der Waals surface area contributed by atoms with Gasteiger partial charge in [0.2, 0.25) is 0 Å². The molecule has 1 N–H and O–H groups in total. The highest BCUT2D eigenvalue weighted by molar-refractivity contribution is 5.65. The third kappa shape index (κ3) is 2.01. The Hall–Kier alpha value is -1.56. The number of nitrogens with zero attached hydrogens (tertiary/aromatic N) is 1. The minimum absolute atomic E-state index is 0.0279. The van der Waals surface area contributed by atoms with Crippen molar-refractivity contribution >= 4 is 0 Å². The molecule has 3 spiro atoms. The van der Waals surface area contributed by atoms with Crippen molar-refractivity contribution in [3.63, 3.8) is 0 Å². The van der Waals surface area contributed by atoms with Crippen LogP contribution in [-0.2, 0) is 21.3 Å². The maximum absolute atomic E-state index is 11.0. The topological polar surface area (TPSA) is 51.2 Å². The highest BCUT2D eigenvalue weighted by Gasteiger charge is 2.82. The zero-order valence-corrected chi connectivity index (χ0v) is 20.9. The zero-order chi connectivity index (χ0) is 23.3. The van der Waals surface area contributed by atoms with Crippen LogP contribution >= 0.6 is 0 Å². The third-order valence-electron chi connectivity index (χ3n) is 11.6. The fourth-order valence-corrected chi connectivity index (χ4v) is 9.40. The van der Waals surface area contributed by atoms with E-state index in [-0.39, 0.29) is 46.4 Å². The van der Waals surface area contributed by atoms with Crippen molar-refractivity contribution in [3.05, 3.63) is 35.4 Å². The van der Waals surface area contributed by atoms with Crippen molar-refractivity contribution < 1.29 is 19.3 Å². The molecule has 1 aromatic rings. The second kappa shape index (κ2) is 5.87. The van der Waals surface area contributed by atoms with Crippen LogP contribution in [-0.4, -0.2) is 53.2 Å². The van der Waals surface area contributed by atoms with Crippen molar-refractivity contribution in [3.8, 4) is 11.5 Å². The molecule has 182 valence electrons. The third-order valence-corrected chi connectivity index (χ3v) is 11.6. The summed E-state index contributed by atoms with van der Waals surface area (Å²) >= 11 is 0. The van der Waals surface area contributed by atoms with Gasteiger partial charge in [-0.25, -0.2) is 0 Å². The van der Waals surface area contributed by atoms with Gasteiger partial charge in [-0.3, -0.25) is 4.90 Å². The maximum Gasteiger partial charge on any atom is 0.165 e. The molecule has 4 bridgehead atoms. The summed E-state index contributed by atoms with van der Waals surface area (Å²) in [5.41, 5.74) is 1.60. The van der Waals surface area contributed by atoms with Gasteiger partial charge in [0, 0.05) is 29.5 Å². The van der Waals surface area contributed by atoms with Crippen LogP contribution in [0.15, 0.2) is 24.3 Å². The number of phenolic OH excluding ortho intramolecular Hbond substituents is 1. The molecule has 5 nitrogen and oxygen atoms in total. The Kier molecular flexibility index (Phi) is 3.56. The van der Waals surface area contributed by atoms with Crippen LogP contribution in [0.1, 0.15) is 64.5 Å². The van der Waals surface area contributed by atoms with Gasteiger partial charge in [0.15, 0.2) is 11.5 Å². The molecule has 1 aromatic carbocycles. The molecular weight excluding hydrogens is 426 g/mol. The predicted octanol–water partition coefficient (Wildman–Crippen LogP) is 4.56. The Bertz CT molecular complexity index is 1140. The van der Waals surface area contributed by atoms with Crippen molar-refractivity contribution in [1.82, 2.24) is 4.90 Å². The molecule has 2 saturated heterocycles. The average Bonchev–Trinajstić information content (AvgIpc) is 3.53. The summed E-state index contributed by atoms with van der Waals surface area (Å²) in [5.74, 6) is 2.08. The fourth-order valence-electron chi connectivity index (χ4n) is 9.40. The van der Waals surface area contributed by atoms with E-state index in [4.69, 9.17) is 14.2 Å². The number of phenols is 1. The Morgan fingerprint density at radius 2 is 1.97 bits per heavy atom. The second-order valence-electron chi connectivity index (χ2n) is 13.6. The lowest BCUT2D eigenvalue weighted by Crippen LogP contribution is -2.83. The zero-order valence-electron chi connectivity index (χ0n) is 20.9. The number of hydrogen-bond acceptors (Lipinski definition) is 5. The molecule has 2 saturated carbocycles. The van der Waals surface area contributed by atoms with Crippen LogP contribution in [0.25, 0.3) is 0 Å². The largest absolute Gasteiger partial charge is 0.504 e. The Labute approximate surface area is 202 Å². The van der Waals surface area contributed by atoms with Crippen LogP contribution in [0.5, 0.6) is 11.5 Å². The van der Waals surface area contributed by atoms with E-state index >= 15 is 0 Å². The van der Waals surface area contributed by atoms with Crippen LogP contribution < -0.4 is 4.74 Å². The van der Waals surface area contributed by atoms with E-state index in [1.807, 2.05) is 6.07 Å². The van der Waals surface area contributed by atoms with E-state index in [1.54, 1.807) is 0 Å². The normalized spacial score (nSPS) is 47.8. The Morgan fingerprint density at radius 3 is 2.74 bits per heavy atom. The lowest BCUT2D eigenvalue weighted by Gasteiger charge is -2.74. The van der Waals surface area contributed by atoms with Crippen molar-refractivity contribution in [2.45, 2.75) is 88.6 Å². The summed E-state index contributed by atoms with van der Waals surface area (Å²) in [4.78, 5) is 2.83. The van der Waals surface area contributed by atoms with Crippen LogP contribution in [0, 0.1) is 22.7 Å². The number of piperidine rings is 1. The number of hydrogen-bond donors (Lipinski definition) is 1. The van der Waals surface area contributed by atoms with Gasteiger partial charge in [-0.15, -0.1) is 0 Å². The van der Waals surface area contributed by atoms with E-state index < -0.39 is 5.60 Å². The van der Waals surface area contributed by atoms with Crippen LogP contribution in [0.4, 0.5) is 0 Å². The molecule has 7 atom stereocenters. The van der Waals surface area contributed by atoms with Crippen LogP contribution in [0.3, 0.4) is 0 Å². The van der Waals surface area contributed by atoms with Crippen molar-refractivity contribution in [1.29, 1.82) is 0 Å². The molecule has 0 radical (unpaired) electrons. The first-order chi connectivity index (χ1) is 16.2. The number of rotatable bonds is 2. The molecule has 3 aliphatic heterocycles. The van der Waals surface area contributed by atoms with Crippen molar-refractivity contribution in [2.24, 2.45) is 22.7 Å². The van der Waals surface area contributed by atoms with Crippen LogP contribution in [0.2, 0.25) is 0 Å². The first-order valence-corrected chi connectivity index (χ1v) is 13.4. The molecule has 0 unspecified atom stereocenters. The Balaban J connectivity index is 1.39. The predicted molar refractivity (Wildman–Crippen MR) is 128 cm³/mol. The summed E-state index contributed by atoms with van der Waals surface area (Å²) in [6, 6.07) is 4.49. The molecule has 5 aliphatic carbocycles. The van der Waals surface area contributed by atoms with Gasteiger partial charge >= 0.3 is 0 Å². The summed E-state index contributed by atoms with van der Waals surface area (Å²) < 4.78 is 20.2. The molecule has 9 rings (SSSR count). The first-order valence-electron chi connectivity index (χ1n) is 13.4. The van der Waals surface area contributed by atoms with Gasteiger partial charge in [-0.2, -0.15) is 0 Å². The van der Waals surface area contributed by atoms with E-state index in [2.05, 4.69) is 50.8 Å². The Morgan fingerprint density at radius 1 is 1.15 bits per heavy atom. The number of ether oxygens (including phenoxy) is 3. The van der Waals surface area contributed by atoms with E-state index in [9.17, 15) is 5.11 Å². The number of aromatic hydroxyl groups is 1. The van der Waals surface area contributed by atoms with Gasteiger partial charge in [0.1, 0.15) is 18.5 Å². The van der Waals surface area contributed by atoms with E-state index in [1.165, 1.54) is 30.5 Å². The van der Waals surface area contributed by atoms with Crippen molar-refractivity contribution in [2.75, 3.05) is 19.9 Å².